The lowest BCUT2D eigenvalue weighted by Gasteiger charge is -2.40. The second kappa shape index (κ2) is 30.9. The first-order chi connectivity index (χ1) is 28.8. The highest BCUT2D eigenvalue weighted by Gasteiger charge is 2.25. The molecular formula is C51H103N9. The van der Waals surface area contributed by atoms with Crippen molar-refractivity contribution in [3.8, 4) is 0 Å². The lowest BCUT2D eigenvalue weighted by molar-refractivity contribution is 0.0917. The first-order valence-electron chi connectivity index (χ1n) is 26.0. The number of likely N-dealkylation sites (tertiary alicyclic amines) is 4. The molecule has 6 heterocycles. The highest BCUT2D eigenvalue weighted by atomic mass is 15.3. The van der Waals surface area contributed by atoms with Crippen LogP contribution >= 0.6 is 0 Å². The Morgan fingerprint density at radius 2 is 1.07 bits per heavy atom. The summed E-state index contributed by atoms with van der Waals surface area (Å²) < 4.78 is 2.21. The Bertz CT molecular complexity index is 1130. The number of piperidine rings is 3. The van der Waals surface area contributed by atoms with Crippen LogP contribution in [0.2, 0.25) is 0 Å². The molecule has 0 aromatic carbocycles. The van der Waals surface area contributed by atoms with Gasteiger partial charge in [-0.1, -0.05) is 86.5 Å². The molecule has 5 aliphatic heterocycles. The predicted octanol–water partition coefficient (Wildman–Crippen LogP) is 10.2. The van der Waals surface area contributed by atoms with Gasteiger partial charge < -0.3 is 29.1 Å². The molecule has 0 aliphatic carbocycles. The number of fused-ring (bicyclic) bond motifs is 1. The first kappa shape index (κ1) is 53.2. The van der Waals surface area contributed by atoms with Gasteiger partial charge in [0.1, 0.15) is 11.6 Å². The third kappa shape index (κ3) is 23.0. The van der Waals surface area contributed by atoms with Crippen LogP contribution in [0.25, 0.3) is 0 Å². The molecule has 5 aliphatic rings. The van der Waals surface area contributed by atoms with Crippen LogP contribution in [0.4, 0.5) is 0 Å². The molecule has 0 radical (unpaired) electrons. The van der Waals surface area contributed by atoms with Gasteiger partial charge >= 0.3 is 0 Å². The summed E-state index contributed by atoms with van der Waals surface area (Å²) in [6.07, 6.45) is 24.3. The summed E-state index contributed by atoms with van der Waals surface area (Å²) >= 11 is 0. The molecule has 1 aromatic rings. The van der Waals surface area contributed by atoms with E-state index >= 15 is 0 Å². The summed E-state index contributed by atoms with van der Waals surface area (Å²) in [5.74, 6) is 5.81. The second-order valence-corrected chi connectivity index (χ2v) is 21.4. The topological polar surface area (TPSA) is 50.2 Å². The number of unbranched alkanes of at least 4 members (excludes halogenated alkanes) is 2. The van der Waals surface area contributed by atoms with Gasteiger partial charge in [-0.05, 0) is 188 Å². The minimum absolute atomic E-state index is 0.603. The van der Waals surface area contributed by atoms with Crippen molar-refractivity contribution in [2.75, 3.05) is 99.2 Å². The van der Waals surface area contributed by atoms with Gasteiger partial charge in [-0.15, -0.1) is 10.2 Å². The van der Waals surface area contributed by atoms with Crippen LogP contribution < -0.4 is 0 Å². The molecular weight excluding hydrogens is 739 g/mol. The molecule has 0 amide bonds. The molecule has 352 valence electrons. The summed E-state index contributed by atoms with van der Waals surface area (Å²) in [4.78, 5) is 15.4. The van der Waals surface area contributed by atoms with E-state index in [1.54, 1.807) is 0 Å². The van der Waals surface area contributed by atoms with Gasteiger partial charge in [-0.3, -0.25) is 4.90 Å². The highest BCUT2D eigenvalue weighted by molar-refractivity contribution is 4.97. The second-order valence-electron chi connectivity index (χ2n) is 21.4. The minimum atomic E-state index is 0.603. The monoisotopic (exact) mass is 842 g/mol. The van der Waals surface area contributed by atoms with Crippen LogP contribution in [0.1, 0.15) is 176 Å². The van der Waals surface area contributed by atoms with E-state index in [4.69, 9.17) is 0 Å². The highest BCUT2D eigenvalue weighted by Crippen LogP contribution is 2.24. The quantitative estimate of drug-likeness (QED) is 0.136. The van der Waals surface area contributed by atoms with E-state index in [-0.39, 0.29) is 0 Å². The molecule has 9 heteroatoms. The molecule has 0 spiro atoms. The molecule has 4 saturated heterocycles. The zero-order chi connectivity index (χ0) is 43.7. The number of aromatic nitrogens is 3. The average Bonchev–Trinajstić information content (AvgIpc) is 3.90. The average molecular weight is 842 g/mol. The van der Waals surface area contributed by atoms with Crippen molar-refractivity contribution < 1.29 is 0 Å². The normalized spacial score (nSPS) is 20.7. The summed E-state index contributed by atoms with van der Waals surface area (Å²) in [7, 11) is 4.32. The fourth-order valence-corrected chi connectivity index (χ4v) is 9.75. The van der Waals surface area contributed by atoms with Gasteiger partial charge in [0.05, 0.1) is 6.54 Å². The number of likely N-dealkylation sites (N-methyl/N-ethyl adjacent to an activating group) is 1. The van der Waals surface area contributed by atoms with Crippen LogP contribution in [-0.4, -0.2) is 155 Å². The number of nitrogens with zero attached hydrogens (tertiary/aromatic N) is 9. The zero-order valence-corrected chi connectivity index (χ0v) is 42.1. The molecule has 9 nitrogen and oxygen atoms in total. The standard InChI is InChI=1S/C17H34N2.C14H30N2.C11H23N.C9H16N4/c1-16(2)8-4-7-11-18-14-9-17(10-15-18)19-12-5-3-6-13-19;1-13(2)5-6-14-7-9-16(10-8-14)12-11-15(3)4;1-11(2)7-3-4-8-12-9-5-6-10-12;1-7(2)12-4-5-13-8(3)10-11-9(13)6-12/h16-17H,3-15H2,1-2H3;13-14H,5-12H2,1-4H3;11H,3-10H2,1-2H3;7H,4-6H2,1-3H3. The Hall–Kier alpha value is -1.10. The largest absolute Gasteiger partial charge is 0.313 e. The van der Waals surface area contributed by atoms with Crippen LogP contribution in [0.15, 0.2) is 0 Å². The Kier molecular flexibility index (Phi) is 27.4. The number of aryl methyl sites for hydroxylation is 1. The number of hydrogen-bond acceptors (Lipinski definition) is 8. The molecule has 60 heavy (non-hydrogen) atoms. The van der Waals surface area contributed by atoms with Crippen LogP contribution in [0.3, 0.4) is 0 Å². The Balaban J connectivity index is 0.000000217. The van der Waals surface area contributed by atoms with Crippen LogP contribution in [-0.2, 0) is 13.1 Å². The van der Waals surface area contributed by atoms with E-state index in [0.717, 1.165) is 61.0 Å². The van der Waals surface area contributed by atoms with E-state index in [0.29, 0.717) is 6.04 Å². The molecule has 0 bridgehead atoms. The third-order valence-corrected chi connectivity index (χ3v) is 14.1. The van der Waals surface area contributed by atoms with Gasteiger partial charge in [-0.2, -0.15) is 0 Å². The number of rotatable bonds is 18. The van der Waals surface area contributed by atoms with Gasteiger partial charge in [-0.25, -0.2) is 0 Å². The Labute approximate surface area is 374 Å². The van der Waals surface area contributed by atoms with E-state index in [1.807, 2.05) is 6.92 Å². The van der Waals surface area contributed by atoms with E-state index < -0.39 is 0 Å². The predicted molar refractivity (Wildman–Crippen MR) is 260 cm³/mol. The first-order valence-corrected chi connectivity index (χ1v) is 26.0. The van der Waals surface area contributed by atoms with Gasteiger partial charge in [0.2, 0.25) is 0 Å². The smallest absolute Gasteiger partial charge is 0.147 e. The van der Waals surface area contributed by atoms with Crippen LogP contribution in [0, 0.1) is 30.6 Å². The third-order valence-electron chi connectivity index (χ3n) is 14.1. The van der Waals surface area contributed by atoms with Crippen molar-refractivity contribution in [3.63, 3.8) is 0 Å². The maximum absolute atomic E-state index is 4.16. The summed E-state index contributed by atoms with van der Waals surface area (Å²) in [6.45, 7) is 39.5. The van der Waals surface area contributed by atoms with Crippen molar-refractivity contribution in [1.82, 2.24) is 44.2 Å². The van der Waals surface area contributed by atoms with E-state index in [2.05, 4.69) is 114 Å². The SMILES string of the molecule is CC(C)CCC1CCN(CCN(C)C)CC1.CC(C)CCCCN1CCC(N2CCCCC2)CC1.CC(C)CCCCN1CCCC1.Cc1nnc2n1CCN(C(C)C)C2. The Morgan fingerprint density at radius 3 is 1.60 bits per heavy atom. The van der Waals surface area contributed by atoms with Crippen molar-refractivity contribution >= 4 is 0 Å². The van der Waals surface area contributed by atoms with Crippen LogP contribution in [0.5, 0.6) is 0 Å². The van der Waals surface area contributed by atoms with Gasteiger partial charge in [0.25, 0.3) is 0 Å². The van der Waals surface area contributed by atoms with Crippen molar-refractivity contribution in [1.29, 1.82) is 0 Å². The molecule has 0 unspecified atom stereocenters. The minimum Gasteiger partial charge on any atom is -0.313 e. The zero-order valence-electron chi connectivity index (χ0n) is 42.1. The lowest BCUT2D eigenvalue weighted by atomic mass is 9.90. The molecule has 0 saturated carbocycles. The Morgan fingerprint density at radius 1 is 0.550 bits per heavy atom. The molecule has 4 fully saturated rings. The van der Waals surface area contributed by atoms with Gasteiger partial charge in [0, 0.05) is 38.3 Å². The fourth-order valence-electron chi connectivity index (χ4n) is 9.75. The summed E-state index contributed by atoms with van der Waals surface area (Å²) in [5, 5.41) is 8.24. The molecule has 6 rings (SSSR count). The number of hydrogen-bond donors (Lipinski definition) is 0. The van der Waals surface area contributed by atoms with Crippen molar-refractivity contribution in [2.45, 2.75) is 197 Å². The maximum Gasteiger partial charge on any atom is 0.147 e. The molecule has 1 aromatic heterocycles. The van der Waals surface area contributed by atoms with Crippen molar-refractivity contribution in [3.05, 3.63) is 11.6 Å². The lowest BCUT2D eigenvalue weighted by Crippen LogP contribution is -2.46. The van der Waals surface area contributed by atoms with Gasteiger partial charge in [0.15, 0.2) is 0 Å². The van der Waals surface area contributed by atoms with Crippen molar-refractivity contribution in [2.24, 2.45) is 23.7 Å². The summed E-state index contributed by atoms with van der Waals surface area (Å²) in [5.41, 5.74) is 0. The molecule has 0 atom stereocenters. The van der Waals surface area contributed by atoms with E-state index in [9.17, 15) is 0 Å². The summed E-state index contributed by atoms with van der Waals surface area (Å²) in [6, 6.07) is 1.51. The fraction of sp³-hybridized carbons (Fsp3) is 0.961. The molecule has 0 N–H and O–H groups in total. The maximum atomic E-state index is 4.16. The van der Waals surface area contributed by atoms with E-state index in [1.165, 1.54) is 188 Å².